The van der Waals surface area contributed by atoms with Crippen LogP contribution in [0.15, 0.2) is 0 Å². The molecule has 3 aliphatic heterocycles. The van der Waals surface area contributed by atoms with Crippen molar-refractivity contribution in [3.05, 3.63) is 0 Å². The summed E-state index contributed by atoms with van der Waals surface area (Å²) < 4.78 is 0. The topological polar surface area (TPSA) is 16.2 Å². The van der Waals surface area contributed by atoms with Crippen LogP contribution in [0, 0.1) is 5.92 Å². The van der Waals surface area contributed by atoms with Crippen LogP contribution in [-0.2, 0) is 0 Å². The quantitative estimate of drug-likeness (QED) is 0.339. The second-order valence-electron chi connectivity index (χ2n) is 12.6. The highest BCUT2D eigenvalue weighted by Gasteiger charge is 2.17. The summed E-state index contributed by atoms with van der Waals surface area (Å²) in [6, 6.07) is 2.94. The van der Waals surface area contributed by atoms with Crippen molar-refractivity contribution >= 4 is 0 Å². The molecule has 0 spiro atoms. The summed E-state index contributed by atoms with van der Waals surface area (Å²) in [7, 11) is 4.15. The molecule has 0 bridgehead atoms. The average Bonchev–Trinajstić information content (AvgIpc) is 2.86. The SMILES string of the molecule is C.C.C.CC(C)N(C)C.CC(C)N1CCCCC1.CC1CCN(C(C)C)CC1.CCN1CCN(C(C)C)CC1. The van der Waals surface area contributed by atoms with E-state index < -0.39 is 0 Å². The predicted octanol–water partition coefficient (Wildman–Crippen LogP) is 7.90. The van der Waals surface area contributed by atoms with Gasteiger partial charge in [-0.15, -0.1) is 0 Å². The minimum absolute atomic E-state index is 0. The molecule has 0 N–H and O–H groups in total. The van der Waals surface area contributed by atoms with Gasteiger partial charge in [-0.05, 0) is 134 Å². The monoisotopic (exact) mass is 560 g/mol. The second kappa shape index (κ2) is 26.7. The molecular weight excluding hydrogens is 478 g/mol. The fourth-order valence-electron chi connectivity index (χ4n) is 4.58. The summed E-state index contributed by atoms with van der Waals surface area (Å²) in [6.45, 7) is 34.2. The summed E-state index contributed by atoms with van der Waals surface area (Å²) in [5, 5.41) is 0. The molecular formula is C34H81N5. The van der Waals surface area contributed by atoms with Gasteiger partial charge in [0.2, 0.25) is 0 Å². The second-order valence-corrected chi connectivity index (χ2v) is 12.6. The molecule has 0 radical (unpaired) electrons. The van der Waals surface area contributed by atoms with Gasteiger partial charge in [0.15, 0.2) is 0 Å². The minimum atomic E-state index is 0. The molecule has 3 rings (SSSR count). The van der Waals surface area contributed by atoms with Crippen LogP contribution in [0.25, 0.3) is 0 Å². The lowest BCUT2D eigenvalue weighted by Gasteiger charge is -2.36. The zero-order valence-corrected chi connectivity index (χ0v) is 27.0. The molecule has 5 heteroatoms. The lowest BCUT2D eigenvalue weighted by atomic mass is 9.98. The molecule has 0 aromatic rings. The van der Waals surface area contributed by atoms with Crippen molar-refractivity contribution in [3.63, 3.8) is 0 Å². The maximum absolute atomic E-state index is 2.57. The van der Waals surface area contributed by atoms with E-state index in [9.17, 15) is 0 Å². The number of hydrogen-bond donors (Lipinski definition) is 0. The maximum atomic E-state index is 2.57. The first-order valence-electron chi connectivity index (χ1n) is 15.5. The van der Waals surface area contributed by atoms with E-state index in [-0.39, 0.29) is 22.3 Å². The van der Waals surface area contributed by atoms with Gasteiger partial charge in [-0.25, -0.2) is 0 Å². The molecule has 3 heterocycles. The van der Waals surface area contributed by atoms with Crippen LogP contribution < -0.4 is 0 Å². The highest BCUT2D eigenvalue weighted by molar-refractivity contribution is 4.73. The zero-order valence-electron chi connectivity index (χ0n) is 27.0. The van der Waals surface area contributed by atoms with Gasteiger partial charge < -0.3 is 19.6 Å². The molecule has 0 aromatic heterocycles. The van der Waals surface area contributed by atoms with Crippen LogP contribution >= 0.6 is 0 Å². The molecule has 0 amide bonds. The molecule has 0 aliphatic carbocycles. The smallest absolute Gasteiger partial charge is 0.0113 e. The number of nitrogens with zero attached hydrogens (tertiary/aromatic N) is 5. The number of rotatable bonds is 5. The lowest BCUT2D eigenvalue weighted by molar-refractivity contribution is 0.112. The van der Waals surface area contributed by atoms with Crippen molar-refractivity contribution in [2.24, 2.45) is 5.92 Å². The first kappa shape index (κ1) is 45.8. The van der Waals surface area contributed by atoms with Gasteiger partial charge >= 0.3 is 0 Å². The normalized spacial score (nSPS) is 19.6. The average molecular weight is 560 g/mol. The van der Waals surface area contributed by atoms with E-state index in [4.69, 9.17) is 0 Å². The van der Waals surface area contributed by atoms with Crippen molar-refractivity contribution in [2.75, 3.05) is 73.0 Å². The van der Waals surface area contributed by atoms with Crippen LogP contribution in [0.2, 0.25) is 0 Å². The van der Waals surface area contributed by atoms with E-state index in [1.54, 1.807) is 0 Å². The largest absolute Gasteiger partial charge is 0.307 e. The summed E-state index contributed by atoms with van der Waals surface area (Å²) in [4.78, 5) is 12.4. The van der Waals surface area contributed by atoms with E-state index in [1.807, 2.05) is 0 Å². The van der Waals surface area contributed by atoms with E-state index in [0.29, 0.717) is 6.04 Å². The molecule has 0 saturated carbocycles. The van der Waals surface area contributed by atoms with Crippen LogP contribution in [0.1, 0.15) is 124 Å². The standard InChI is InChI=1S/C9H20N2.C9H19N.C8H17N.C5H13N.3CH4/c1-4-10-5-7-11(8-6-10)9(2)3;1-8(2)10-6-4-9(3)5-7-10;1-8(2)9-6-4-3-5-7-9;1-5(2)6(3)4;;;/h9H,4-8H2,1-3H3;8-9H,4-7H2,1-3H3;8H,3-7H2,1-2H3;5H,1-4H3;3*1H4. The van der Waals surface area contributed by atoms with Gasteiger partial charge in [0.05, 0.1) is 0 Å². The molecule has 0 aromatic carbocycles. The molecule has 242 valence electrons. The number of piperidine rings is 2. The molecule has 39 heavy (non-hydrogen) atoms. The van der Waals surface area contributed by atoms with Crippen LogP contribution in [0.5, 0.6) is 0 Å². The fraction of sp³-hybridized carbons (Fsp3) is 1.00. The van der Waals surface area contributed by atoms with E-state index in [2.05, 4.69) is 108 Å². The third-order valence-corrected chi connectivity index (χ3v) is 8.29. The summed E-state index contributed by atoms with van der Waals surface area (Å²) in [6.07, 6.45) is 7.08. The third kappa shape index (κ3) is 23.1. The summed E-state index contributed by atoms with van der Waals surface area (Å²) in [5.74, 6) is 0.968. The molecule has 0 unspecified atom stereocenters. The number of piperazine rings is 1. The Hall–Kier alpha value is -0.200. The summed E-state index contributed by atoms with van der Waals surface area (Å²) in [5.41, 5.74) is 0. The molecule has 3 saturated heterocycles. The Morgan fingerprint density at radius 1 is 0.564 bits per heavy atom. The number of likely N-dealkylation sites (N-methyl/N-ethyl adjacent to an activating group) is 1. The number of hydrogen-bond acceptors (Lipinski definition) is 5. The van der Waals surface area contributed by atoms with Crippen molar-refractivity contribution in [1.82, 2.24) is 24.5 Å². The van der Waals surface area contributed by atoms with Crippen molar-refractivity contribution in [3.8, 4) is 0 Å². The lowest BCUT2D eigenvalue weighted by Crippen LogP contribution is -2.48. The number of likely N-dealkylation sites (tertiary alicyclic amines) is 2. The Balaban J connectivity index is -0.000000208. The molecule has 0 atom stereocenters. The van der Waals surface area contributed by atoms with Crippen LogP contribution in [0.4, 0.5) is 0 Å². The maximum Gasteiger partial charge on any atom is 0.0113 e. The molecule has 3 fully saturated rings. The van der Waals surface area contributed by atoms with E-state index in [1.165, 1.54) is 91.0 Å². The third-order valence-electron chi connectivity index (χ3n) is 8.29. The first-order valence-corrected chi connectivity index (χ1v) is 15.5. The van der Waals surface area contributed by atoms with Crippen molar-refractivity contribution < 1.29 is 0 Å². The Bertz CT molecular complexity index is 464. The van der Waals surface area contributed by atoms with Gasteiger partial charge in [0.1, 0.15) is 0 Å². The van der Waals surface area contributed by atoms with Gasteiger partial charge in [-0.2, -0.15) is 0 Å². The van der Waals surface area contributed by atoms with Crippen LogP contribution in [-0.4, -0.2) is 122 Å². The highest BCUT2D eigenvalue weighted by atomic mass is 15.3. The van der Waals surface area contributed by atoms with Gasteiger partial charge in [0.25, 0.3) is 0 Å². The van der Waals surface area contributed by atoms with E-state index >= 15 is 0 Å². The van der Waals surface area contributed by atoms with Crippen molar-refractivity contribution in [1.29, 1.82) is 0 Å². The van der Waals surface area contributed by atoms with E-state index in [0.717, 1.165) is 24.0 Å². The minimum Gasteiger partial charge on any atom is -0.307 e. The Labute approximate surface area is 251 Å². The molecule has 3 aliphatic rings. The highest BCUT2D eigenvalue weighted by Crippen LogP contribution is 2.17. The van der Waals surface area contributed by atoms with Crippen LogP contribution in [0.3, 0.4) is 0 Å². The summed E-state index contributed by atoms with van der Waals surface area (Å²) >= 11 is 0. The Morgan fingerprint density at radius 2 is 0.897 bits per heavy atom. The zero-order chi connectivity index (χ0) is 27.7. The fourth-order valence-corrected chi connectivity index (χ4v) is 4.58. The van der Waals surface area contributed by atoms with Gasteiger partial charge in [0, 0.05) is 50.3 Å². The van der Waals surface area contributed by atoms with Gasteiger partial charge in [-0.3, -0.25) is 4.90 Å². The predicted molar refractivity (Wildman–Crippen MR) is 184 cm³/mol. The Kier molecular flexibility index (Phi) is 31.3. The molecule has 5 nitrogen and oxygen atoms in total. The van der Waals surface area contributed by atoms with Gasteiger partial charge in [-0.1, -0.05) is 42.5 Å². The van der Waals surface area contributed by atoms with Crippen molar-refractivity contribution in [2.45, 2.75) is 148 Å². The first-order chi connectivity index (χ1) is 16.9. The Morgan fingerprint density at radius 3 is 1.18 bits per heavy atom.